The fraction of sp³-hybridized carbons (Fsp3) is 0.350. The summed E-state index contributed by atoms with van der Waals surface area (Å²) in [6.45, 7) is 2.58. The number of nitrogens with one attached hydrogen (secondary N) is 1. The van der Waals surface area contributed by atoms with Gasteiger partial charge >= 0.3 is 6.03 Å². The van der Waals surface area contributed by atoms with E-state index in [-0.39, 0.29) is 12.3 Å². The zero-order valence-electron chi connectivity index (χ0n) is 15.9. The molecule has 0 aliphatic carbocycles. The van der Waals surface area contributed by atoms with E-state index in [9.17, 15) is 13.6 Å². The summed E-state index contributed by atoms with van der Waals surface area (Å²) in [5.74, 6) is -0.749. The van der Waals surface area contributed by atoms with Gasteiger partial charge in [-0.1, -0.05) is 6.07 Å². The van der Waals surface area contributed by atoms with Crippen LogP contribution in [0.1, 0.15) is 5.56 Å². The number of carbonyl (C=O) groups excluding carboxylic acids is 1. The highest BCUT2D eigenvalue weighted by Gasteiger charge is 2.17. The molecule has 0 aromatic heterocycles. The van der Waals surface area contributed by atoms with Gasteiger partial charge in [-0.3, -0.25) is 0 Å². The number of halogens is 2. The summed E-state index contributed by atoms with van der Waals surface area (Å²) in [6, 6.07) is 8.69. The molecule has 1 aliphatic heterocycles. The zero-order chi connectivity index (χ0) is 20.1. The van der Waals surface area contributed by atoms with Crippen LogP contribution in [0.5, 0.6) is 5.75 Å². The molecule has 2 aromatic carbocycles. The van der Waals surface area contributed by atoms with Gasteiger partial charge in [0.1, 0.15) is 5.82 Å². The minimum Gasteiger partial charge on any atom is -0.494 e. The van der Waals surface area contributed by atoms with Crippen molar-refractivity contribution in [2.75, 3.05) is 50.7 Å². The van der Waals surface area contributed by atoms with Crippen molar-refractivity contribution in [1.29, 1.82) is 0 Å². The second kappa shape index (κ2) is 8.88. The summed E-state index contributed by atoms with van der Waals surface area (Å²) in [6.07, 6.45) is 0. The first-order chi connectivity index (χ1) is 13.5. The maximum absolute atomic E-state index is 14.4. The summed E-state index contributed by atoms with van der Waals surface area (Å²) >= 11 is 0. The molecule has 0 radical (unpaired) electrons. The molecule has 1 aliphatic rings. The Bertz CT molecular complexity index is 841. The van der Waals surface area contributed by atoms with Gasteiger partial charge in [0.05, 0.1) is 26.0 Å². The highest BCUT2D eigenvalue weighted by molar-refractivity contribution is 5.89. The van der Waals surface area contributed by atoms with Crippen LogP contribution in [-0.4, -0.2) is 51.4 Å². The Kier molecular flexibility index (Phi) is 6.30. The van der Waals surface area contributed by atoms with Crippen molar-refractivity contribution < 1.29 is 23.0 Å². The van der Waals surface area contributed by atoms with Gasteiger partial charge in [-0.2, -0.15) is 0 Å². The second-order valence-electron chi connectivity index (χ2n) is 6.52. The Morgan fingerprint density at radius 1 is 1.18 bits per heavy atom. The minimum absolute atomic E-state index is 0.145. The molecule has 0 atom stereocenters. The van der Waals surface area contributed by atoms with Gasteiger partial charge in [0.2, 0.25) is 0 Å². The van der Waals surface area contributed by atoms with Crippen molar-refractivity contribution in [2.45, 2.75) is 6.54 Å². The molecule has 3 rings (SSSR count). The van der Waals surface area contributed by atoms with E-state index in [0.29, 0.717) is 43.2 Å². The van der Waals surface area contributed by atoms with Gasteiger partial charge in [0, 0.05) is 32.4 Å². The lowest BCUT2D eigenvalue weighted by Gasteiger charge is -2.29. The first-order valence-electron chi connectivity index (χ1n) is 8.94. The topological polar surface area (TPSA) is 54.0 Å². The molecular weight excluding hydrogens is 368 g/mol. The largest absolute Gasteiger partial charge is 0.494 e. The van der Waals surface area contributed by atoms with Crippen LogP contribution in [-0.2, 0) is 11.3 Å². The first kappa shape index (κ1) is 19.9. The van der Waals surface area contributed by atoms with Crippen molar-refractivity contribution in [2.24, 2.45) is 0 Å². The molecule has 0 spiro atoms. The number of rotatable bonds is 5. The fourth-order valence-corrected chi connectivity index (χ4v) is 3.02. The molecule has 1 N–H and O–H groups in total. The molecule has 150 valence electrons. The van der Waals surface area contributed by atoms with E-state index in [0.717, 1.165) is 0 Å². The van der Waals surface area contributed by atoms with Crippen LogP contribution in [0.4, 0.5) is 25.0 Å². The number of benzene rings is 2. The van der Waals surface area contributed by atoms with Gasteiger partial charge in [0.15, 0.2) is 11.6 Å². The SMILES string of the molecule is COc1ccc(CN(C)C(=O)Nc2ccc(N3CCOCC3)c(F)c2)cc1F. The average Bonchev–Trinajstić information content (AvgIpc) is 2.69. The predicted molar refractivity (Wildman–Crippen MR) is 103 cm³/mol. The summed E-state index contributed by atoms with van der Waals surface area (Å²) in [5, 5.41) is 2.66. The van der Waals surface area contributed by atoms with Gasteiger partial charge in [-0.15, -0.1) is 0 Å². The molecule has 1 fully saturated rings. The zero-order valence-corrected chi connectivity index (χ0v) is 15.9. The third kappa shape index (κ3) is 4.69. The molecule has 8 heteroatoms. The molecule has 0 saturated carbocycles. The highest BCUT2D eigenvalue weighted by Crippen LogP contribution is 2.24. The van der Waals surface area contributed by atoms with Crippen molar-refractivity contribution in [3.05, 3.63) is 53.6 Å². The minimum atomic E-state index is -0.491. The first-order valence-corrected chi connectivity index (χ1v) is 8.94. The summed E-state index contributed by atoms with van der Waals surface area (Å²) in [7, 11) is 2.97. The number of urea groups is 1. The van der Waals surface area contributed by atoms with Crippen LogP contribution in [0.2, 0.25) is 0 Å². The smallest absolute Gasteiger partial charge is 0.321 e. The monoisotopic (exact) mass is 391 g/mol. The third-order valence-electron chi connectivity index (χ3n) is 4.53. The molecule has 1 heterocycles. The van der Waals surface area contributed by atoms with E-state index in [1.54, 1.807) is 25.2 Å². The Morgan fingerprint density at radius 3 is 2.57 bits per heavy atom. The lowest BCUT2D eigenvalue weighted by molar-refractivity contribution is 0.122. The third-order valence-corrected chi connectivity index (χ3v) is 4.53. The maximum atomic E-state index is 14.4. The molecule has 2 amide bonds. The summed E-state index contributed by atoms with van der Waals surface area (Å²) in [5.41, 5.74) is 1.46. The number of amides is 2. The van der Waals surface area contributed by atoms with Crippen molar-refractivity contribution >= 4 is 17.4 Å². The van der Waals surface area contributed by atoms with E-state index < -0.39 is 17.7 Å². The van der Waals surface area contributed by atoms with Gasteiger partial charge in [0.25, 0.3) is 0 Å². The Balaban J connectivity index is 1.62. The molecule has 2 aromatic rings. The number of carbonyl (C=O) groups is 1. The van der Waals surface area contributed by atoms with Crippen LogP contribution >= 0.6 is 0 Å². The molecule has 6 nitrogen and oxygen atoms in total. The van der Waals surface area contributed by atoms with E-state index in [2.05, 4.69) is 5.32 Å². The quantitative estimate of drug-likeness (QED) is 0.848. The number of hydrogen-bond donors (Lipinski definition) is 1. The lowest BCUT2D eigenvalue weighted by atomic mass is 10.2. The fourth-order valence-electron chi connectivity index (χ4n) is 3.02. The van der Waals surface area contributed by atoms with Crippen LogP contribution < -0.4 is 15.0 Å². The van der Waals surface area contributed by atoms with E-state index in [1.807, 2.05) is 4.90 Å². The number of ether oxygens (including phenoxy) is 2. The average molecular weight is 391 g/mol. The predicted octanol–water partition coefficient (Wildman–Crippen LogP) is 3.47. The highest BCUT2D eigenvalue weighted by atomic mass is 19.1. The number of morpholine rings is 1. The number of methoxy groups -OCH3 is 1. The molecular formula is C20H23F2N3O3. The Labute approximate surface area is 162 Å². The van der Waals surface area contributed by atoms with Crippen LogP contribution in [0.25, 0.3) is 0 Å². The van der Waals surface area contributed by atoms with Crippen molar-refractivity contribution in [3.8, 4) is 5.75 Å². The van der Waals surface area contributed by atoms with Crippen LogP contribution in [0.15, 0.2) is 36.4 Å². The molecule has 0 unspecified atom stereocenters. The van der Waals surface area contributed by atoms with Crippen LogP contribution in [0.3, 0.4) is 0 Å². The van der Waals surface area contributed by atoms with Crippen LogP contribution in [0, 0.1) is 11.6 Å². The van der Waals surface area contributed by atoms with Crippen molar-refractivity contribution in [1.82, 2.24) is 4.90 Å². The summed E-state index contributed by atoms with van der Waals surface area (Å²) in [4.78, 5) is 15.7. The van der Waals surface area contributed by atoms with E-state index in [1.165, 1.54) is 30.2 Å². The van der Waals surface area contributed by atoms with E-state index in [4.69, 9.17) is 9.47 Å². The molecule has 28 heavy (non-hydrogen) atoms. The summed E-state index contributed by atoms with van der Waals surface area (Å²) < 4.78 is 38.4. The van der Waals surface area contributed by atoms with Crippen molar-refractivity contribution in [3.63, 3.8) is 0 Å². The Morgan fingerprint density at radius 2 is 1.93 bits per heavy atom. The Hall–Kier alpha value is -2.87. The number of hydrogen-bond acceptors (Lipinski definition) is 4. The van der Waals surface area contributed by atoms with Gasteiger partial charge in [-0.05, 0) is 35.9 Å². The normalized spacial score (nSPS) is 13.9. The molecule has 0 bridgehead atoms. The molecule has 1 saturated heterocycles. The number of nitrogens with zero attached hydrogens (tertiary/aromatic N) is 2. The second-order valence-corrected chi connectivity index (χ2v) is 6.52. The maximum Gasteiger partial charge on any atom is 0.321 e. The van der Waals surface area contributed by atoms with E-state index >= 15 is 0 Å². The van der Waals surface area contributed by atoms with Gasteiger partial charge in [-0.25, -0.2) is 13.6 Å². The lowest BCUT2D eigenvalue weighted by Crippen LogP contribution is -2.36. The van der Waals surface area contributed by atoms with Gasteiger partial charge < -0.3 is 24.6 Å². The standard InChI is InChI=1S/C20H23F2N3O3/c1-24(13-14-3-6-19(27-2)17(22)11-14)20(26)23-15-4-5-18(16(21)12-15)25-7-9-28-10-8-25/h3-6,11-12H,7-10,13H2,1-2H3,(H,23,26). The number of anilines is 2.